The molecule has 2 heterocycles. The van der Waals surface area contributed by atoms with Crippen LogP contribution in [0.5, 0.6) is 5.75 Å². The number of hydrogen-bond acceptors (Lipinski definition) is 6. The number of hydrazone groups is 1. The average molecular weight is 420 g/mol. The Balaban J connectivity index is 1.50. The van der Waals surface area contributed by atoms with Crippen LogP contribution in [0.3, 0.4) is 0 Å². The van der Waals surface area contributed by atoms with Crippen molar-refractivity contribution in [1.29, 1.82) is 0 Å². The summed E-state index contributed by atoms with van der Waals surface area (Å²) >= 11 is 0. The van der Waals surface area contributed by atoms with Gasteiger partial charge in [0.25, 0.3) is 0 Å². The molecule has 0 unspecified atom stereocenters. The summed E-state index contributed by atoms with van der Waals surface area (Å²) in [6, 6.07) is 25.7. The highest BCUT2D eigenvalue weighted by molar-refractivity contribution is 5.92. The average Bonchev–Trinajstić information content (AvgIpc) is 3.29. The minimum atomic E-state index is 0.598. The van der Waals surface area contributed by atoms with Gasteiger partial charge in [-0.05, 0) is 36.4 Å². The highest BCUT2D eigenvalue weighted by atomic mass is 16.5. The predicted octanol–water partition coefficient (Wildman–Crippen LogP) is 4.94. The van der Waals surface area contributed by atoms with Gasteiger partial charge in [0.15, 0.2) is 5.82 Å². The molecule has 0 atom stereocenters. The van der Waals surface area contributed by atoms with Crippen molar-refractivity contribution >= 4 is 22.8 Å². The van der Waals surface area contributed by atoms with Gasteiger partial charge in [0.1, 0.15) is 11.4 Å². The van der Waals surface area contributed by atoms with Crippen molar-refractivity contribution in [3.63, 3.8) is 0 Å². The van der Waals surface area contributed by atoms with Crippen molar-refractivity contribution in [2.45, 2.75) is 0 Å². The molecule has 5 aromatic rings. The molecule has 7 nitrogen and oxygen atoms in total. The van der Waals surface area contributed by atoms with Crippen LogP contribution in [0.2, 0.25) is 0 Å². The van der Waals surface area contributed by atoms with Gasteiger partial charge in [-0.1, -0.05) is 42.5 Å². The predicted molar refractivity (Wildman–Crippen MR) is 126 cm³/mol. The maximum atomic E-state index is 5.28. The molecule has 0 aliphatic rings. The van der Waals surface area contributed by atoms with Gasteiger partial charge in [0.2, 0.25) is 0 Å². The van der Waals surface area contributed by atoms with Gasteiger partial charge in [-0.2, -0.15) is 15.3 Å². The summed E-state index contributed by atoms with van der Waals surface area (Å²) in [5, 5.41) is 19.4. The van der Waals surface area contributed by atoms with Gasteiger partial charge < -0.3 is 4.74 Å². The third-order valence-electron chi connectivity index (χ3n) is 5.07. The van der Waals surface area contributed by atoms with Crippen LogP contribution in [0.15, 0.2) is 96.4 Å². The highest BCUT2D eigenvalue weighted by Gasteiger charge is 2.11. The summed E-state index contributed by atoms with van der Waals surface area (Å²) < 4.78 is 7.13. The van der Waals surface area contributed by atoms with Crippen LogP contribution in [-0.2, 0) is 0 Å². The number of hydrogen-bond donors (Lipinski definition) is 1. The van der Waals surface area contributed by atoms with Gasteiger partial charge in [-0.25, -0.2) is 4.68 Å². The molecule has 7 heteroatoms. The van der Waals surface area contributed by atoms with E-state index < -0.39 is 0 Å². The first-order chi connectivity index (χ1) is 15.8. The van der Waals surface area contributed by atoms with Gasteiger partial charge in [0, 0.05) is 28.1 Å². The molecule has 3 aromatic carbocycles. The van der Waals surface area contributed by atoms with Crippen molar-refractivity contribution < 1.29 is 4.74 Å². The lowest BCUT2D eigenvalue weighted by Gasteiger charge is -2.03. The molecule has 0 spiro atoms. The Hall–Kier alpha value is -4.52. The molecule has 0 saturated carbocycles. The van der Waals surface area contributed by atoms with Crippen LogP contribution in [0.25, 0.3) is 27.7 Å². The molecule has 0 fully saturated rings. The zero-order valence-electron chi connectivity index (χ0n) is 17.4. The molecule has 1 N–H and O–H groups in total. The first-order valence-corrected chi connectivity index (χ1v) is 10.1. The number of rotatable bonds is 6. The summed E-state index contributed by atoms with van der Waals surface area (Å²) in [5.41, 5.74) is 6.63. The second kappa shape index (κ2) is 8.69. The van der Waals surface area contributed by atoms with E-state index in [1.165, 1.54) is 0 Å². The SMILES string of the molecule is COc1ccc(-c2nn(-c3ccccc3)cc2/C=N\Nc2nncc3ccccc23)cc1. The molecular weight excluding hydrogens is 400 g/mol. The number of aromatic nitrogens is 4. The lowest BCUT2D eigenvalue weighted by molar-refractivity contribution is 0.415. The number of nitrogens with one attached hydrogen (secondary N) is 1. The molecule has 5 rings (SSSR count). The number of ether oxygens (including phenoxy) is 1. The monoisotopic (exact) mass is 420 g/mol. The molecule has 32 heavy (non-hydrogen) atoms. The van der Waals surface area contributed by atoms with Crippen LogP contribution in [-0.4, -0.2) is 33.3 Å². The topological polar surface area (TPSA) is 77.2 Å². The molecule has 0 aliphatic carbocycles. The number of methoxy groups -OCH3 is 1. The smallest absolute Gasteiger partial charge is 0.176 e. The minimum Gasteiger partial charge on any atom is -0.497 e. The Morgan fingerprint density at radius 3 is 2.53 bits per heavy atom. The van der Waals surface area contributed by atoms with E-state index in [1.807, 2.05) is 89.7 Å². The number of para-hydroxylation sites is 1. The number of fused-ring (bicyclic) bond motifs is 1. The fourth-order valence-electron chi connectivity index (χ4n) is 3.44. The second-order valence-electron chi connectivity index (χ2n) is 7.09. The van der Waals surface area contributed by atoms with E-state index >= 15 is 0 Å². The van der Waals surface area contributed by atoms with E-state index in [0.717, 1.165) is 39.0 Å². The number of benzene rings is 3. The molecular formula is C25H20N6O. The van der Waals surface area contributed by atoms with Gasteiger partial charge in [-0.15, -0.1) is 5.10 Å². The zero-order valence-corrected chi connectivity index (χ0v) is 17.4. The normalized spacial score (nSPS) is 11.2. The van der Waals surface area contributed by atoms with E-state index in [-0.39, 0.29) is 0 Å². The van der Waals surface area contributed by atoms with Crippen molar-refractivity contribution in [2.24, 2.45) is 5.10 Å². The molecule has 0 radical (unpaired) electrons. The van der Waals surface area contributed by atoms with Crippen LogP contribution < -0.4 is 10.2 Å². The number of nitrogens with zero attached hydrogens (tertiary/aromatic N) is 5. The van der Waals surface area contributed by atoms with E-state index in [1.54, 1.807) is 19.5 Å². The third-order valence-corrected chi connectivity index (χ3v) is 5.07. The zero-order chi connectivity index (χ0) is 21.8. The van der Waals surface area contributed by atoms with Crippen LogP contribution in [0.4, 0.5) is 5.82 Å². The lowest BCUT2D eigenvalue weighted by Crippen LogP contribution is -1.96. The van der Waals surface area contributed by atoms with Crippen LogP contribution in [0, 0.1) is 0 Å². The Morgan fingerprint density at radius 1 is 0.938 bits per heavy atom. The fraction of sp³-hybridized carbons (Fsp3) is 0.0400. The van der Waals surface area contributed by atoms with E-state index in [0.29, 0.717) is 5.82 Å². The Bertz CT molecular complexity index is 1370. The summed E-state index contributed by atoms with van der Waals surface area (Å²) in [5.74, 6) is 1.39. The summed E-state index contributed by atoms with van der Waals surface area (Å²) in [6.45, 7) is 0. The van der Waals surface area contributed by atoms with Gasteiger partial charge in [0.05, 0.1) is 25.2 Å². The summed E-state index contributed by atoms with van der Waals surface area (Å²) in [7, 11) is 1.65. The van der Waals surface area contributed by atoms with Crippen molar-refractivity contribution in [3.8, 4) is 22.7 Å². The largest absolute Gasteiger partial charge is 0.497 e. The fourth-order valence-corrected chi connectivity index (χ4v) is 3.44. The Kier molecular flexibility index (Phi) is 5.28. The molecule has 2 aromatic heterocycles. The first-order valence-electron chi connectivity index (χ1n) is 10.1. The Morgan fingerprint density at radius 2 is 1.72 bits per heavy atom. The van der Waals surface area contributed by atoms with E-state index in [2.05, 4.69) is 20.7 Å². The Labute approximate surface area is 185 Å². The van der Waals surface area contributed by atoms with Crippen molar-refractivity contribution in [3.05, 3.63) is 96.8 Å². The van der Waals surface area contributed by atoms with E-state index in [4.69, 9.17) is 9.84 Å². The van der Waals surface area contributed by atoms with E-state index in [9.17, 15) is 0 Å². The standard InChI is InChI=1S/C25H20N6O/c1-32-22-13-11-18(12-14-22)24-20(17-31(30-24)21-8-3-2-4-9-21)16-27-29-25-23-10-6-5-7-19(23)15-26-28-25/h2-17H,1H3,(H,28,29)/b27-16-. The van der Waals surface area contributed by atoms with Crippen molar-refractivity contribution in [2.75, 3.05) is 12.5 Å². The highest BCUT2D eigenvalue weighted by Crippen LogP contribution is 2.25. The molecule has 156 valence electrons. The van der Waals surface area contributed by atoms with Gasteiger partial charge in [-0.3, -0.25) is 5.43 Å². The number of anilines is 1. The molecule has 0 amide bonds. The third kappa shape index (κ3) is 3.91. The summed E-state index contributed by atoms with van der Waals surface area (Å²) in [4.78, 5) is 0. The van der Waals surface area contributed by atoms with Crippen molar-refractivity contribution in [1.82, 2.24) is 20.0 Å². The second-order valence-corrected chi connectivity index (χ2v) is 7.09. The molecule has 0 saturated heterocycles. The van der Waals surface area contributed by atoms with Crippen LogP contribution >= 0.6 is 0 Å². The molecule has 0 aliphatic heterocycles. The first kappa shape index (κ1) is 19.4. The molecule has 0 bridgehead atoms. The summed E-state index contributed by atoms with van der Waals surface area (Å²) in [6.07, 6.45) is 5.43. The lowest BCUT2D eigenvalue weighted by atomic mass is 10.1. The maximum Gasteiger partial charge on any atom is 0.176 e. The van der Waals surface area contributed by atoms with Gasteiger partial charge >= 0.3 is 0 Å². The quantitative estimate of drug-likeness (QED) is 0.311. The van der Waals surface area contributed by atoms with Crippen LogP contribution in [0.1, 0.15) is 5.56 Å². The minimum absolute atomic E-state index is 0.598. The maximum absolute atomic E-state index is 5.28.